The third-order valence-corrected chi connectivity index (χ3v) is 5.57. The molecule has 4 aromatic rings. The molecule has 0 unspecified atom stereocenters. The van der Waals surface area contributed by atoms with Crippen molar-refractivity contribution in [2.24, 2.45) is 0 Å². The highest BCUT2D eigenvalue weighted by atomic mass is 32.1. The molecule has 0 spiro atoms. The minimum Gasteiger partial charge on any atom is -0.310 e. The van der Waals surface area contributed by atoms with Crippen LogP contribution in [0.25, 0.3) is 20.7 Å². The van der Waals surface area contributed by atoms with Crippen LogP contribution < -0.4 is 5.56 Å². The van der Waals surface area contributed by atoms with Crippen LogP contribution in [0, 0.1) is 10.1 Å². The van der Waals surface area contributed by atoms with Crippen molar-refractivity contribution in [1.29, 1.82) is 0 Å². The number of fused-ring (bicyclic) bond motifs is 1. The highest BCUT2D eigenvalue weighted by molar-refractivity contribution is 7.18. The van der Waals surface area contributed by atoms with Crippen molar-refractivity contribution in [3.05, 3.63) is 79.0 Å². The molecule has 0 fully saturated rings. The van der Waals surface area contributed by atoms with Gasteiger partial charge in [0.15, 0.2) is 0 Å². The topological polar surface area (TPSA) is 88.9 Å². The fraction of sp³-hybridized carbons (Fsp3) is 0.0588. The number of nitrogens with zero attached hydrogens (tertiary/aromatic N) is 2. The molecular weight excluding hydrogens is 358 g/mol. The number of non-ortho nitro benzene ring substituents is 1. The first-order valence-electron chi connectivity index (χ1n) is 7.39. The van der Waals surface area contributed by atoms with Crippen LogP contribution in [-0.4, -0.2) is 14.9 Å². The third-order valence-electron chi connectivity index (χ3n) is 3.80. The monoisotopic (exact) mass is 369 g/mol. The predicted octanol–water partition coefficient (Wildman–Crippen LogP) is 4.21. The molecular formula is C17H11N3O3S2. The van der Waals surface area contributed by atoms with E-state index >= 15 is 0 Å². The Bertz CT molecular complexity index is 1110. The number of rotatable bonds is 4. The second-order valence-electron chi connectivity index (χ2n) is 5.42. The first-order chi connectivity index (χ1) is 12.1. The third kappa shape index (κ3) is 2.97. The van der Waals surface area contributed by atoms with Crippen LogP contribution in [0.5, 0.6) is 0 Å². The number of thiophene rings is 2. The van der Waals surface area contributed by atoms with Gasteiger partial charge in [0.05, 0.1) is 10.3 Å². The lowest BCUT2D eigenvalue weighted by Gasteiger charge is -2.02. The van der Waals surface area contributed by atoms with Gasteiger partial charge in [0.2, 0.25) is 0 Å². The molecule has 1 N–H and O–H groups in total. The highest BCUT2D eigenvalue weighted by Crippen LogP contribution is 2.33. The molecule has 0 saturated carbocycles. The van der Waals surface area contributed by atoms with Gasteiger partial charge in [0.1, 0.15) is 10.7 Å². The van der Waals surface area contributed by atoms with E-state index in [1.807, 2.05) is 22.9 Å². The maximum absolute atomic E-state index is 12.5. The first-order valence-corrected chi connectivity index (χ1v) is 9.15. The average Bonchev–Trinajstić information content (AvgIpc) is 3.24. The molecule has 0 amide bonds. The number of aromatic nitrogens is 2. The first kappa shape index (κ1) is 15.7. The normalized spacial score (nSPS) is 11.0. The second-order valence-corrected chi connectivity index (χ2v) is 7.23. The number of benzene rings is 1. The van der Waals surface area contributed by atoms with Crippen molar-refractivity contribution in [1.82, 2.24) is 9.97 Å². The summed E-state index contributed by atoms with van der Waals surface area (Å²) in [5, 5.41) is 15.2. The van der Waals surface area contributed by atoms with Crippen molar-refractivity contribution < 1.29 is 4.92 Å². The molecule has 0 aliphatic carbocycles. The van der Waals surface area contributed by atoms with E-state index in [1.54, 1.807) is 23.5 Å². The molecule has 0 aliphatic rings. The van der Waals surface area contributed by atoms with Gasteiger partial charge in [-0.2, -0.15) is 0 Å². The lowest BCUT2D eigenvalue weighted by molar-refractivity contribution is -0.384. The van der Waals surface area contributed by atoms with E-state index in [9.17, 15) is 14.9 Å². The number of nitro benzene ring substituents is 1. The smallest absolute Gasteiger partial charge is 0.269 e. The molecule has 1 aromatic carbocycles. The summed E-state index contributed by atoms with van der Waals surface area (Å²) >= 11 is 3.03. The average molecular weight is 369 g/mol. The van der Waals surface area contributed by atoms with Crippen LogP contribution in [0.2, 0.25) is 0 Å². The Balaban J connectivity index is 1.70. The van der Waals surface area contributed by atoms with Gasteiger partial charge in [-0.15, -0.1) is 22.7 Å². The highest BCUT2D eigenvalue weighted by Gasteiger charge is 2.14. The SMILES string of the molecule is O=c1[nH]c(Cc2ccc([N+](=O)[O-])cc2)nc2scc(-c3cccs3)c12. The Morgan fingerprint density at radius 3 is 2.64 bits per heavy atom. The van der Waals surface area contributed by atoms with Crippen molar-refractivity contribution >= 4 is 38.6 Å². The van der Waals surface area contributed by atoms with Gasteiger partial charge in [0, 0.05) is 34.4 Å². The molecule has 124 valence electrons. The summed E-state index contributed by atoms with van der Waals surface area (Å²) < 4.78 is 0. The fourth-order valence-corrected chi connectivity index (χ4v) is 4.40. The number of aromatic amines is 1. The van der Waals surface area contributed by atoms with Crippen LogP contribution in [0.15, 0.2) is 52.0 Å². The van der Waals surface area contributed by atoms with Crippen LogP contribution in [-0.2, 0) is 6.42 Å². The quantitative estimate of drug-likeness (QED) is 0.431. The summed E-state index contributed by atoms with van der Waals surface area (Å²) in [6.07, 6.45) is 0.412. The molecule has 0 radical (unpaired) electrons. The van der Waals surface area contributed by atoms with Crippen LogP contribution in [0.4, 0.5) is 5.69 Å². The fourth-order valence-electron chi connectivity index (χ4n) is 2.62. The Labute approximate surface area is 149 Å². The number of H-pyrrole nitrogens is 1. The summed E-state index contributed by atoms with van der Waals surface area (Å²) in [5.74, 6) is 0.547. The Morgan fingerprint density at radius 1 is 1.16 bits per heavy atom. The predicted molar refractivity (Wildman–Crippen MR) is 99.5 cm³/mol. The van der Waals surface area contributed by atoms with E-state index in [4.69, 9.17) is 0 Å². The van der Waals surface area contributed by atoms with E-state index in [2.05, 4.69) is 9.97 Å². The second kappa shape index (κ2) is 6.23. The van der Waals surface area contributed by atoms with Gasteiger partial charge in [-0.25, -0.2) is 4.98 Å². The van der Waals surface area contributed by atoms with Gasteiger partial charge in [-0.1, -0.05) is 18.2 Å². The van der Waals surface area contributed by atoms with E-state index in [0.29, 0.717) is 22.5 Å². The van der Waals surface area contributed by atoms with Crippen LogP contribution in [0.1, 0.15) is 11.4 Å². The Morgan fingerprint density at radius 2 is 1.96 bits per heavy atom. The summed E-state index contributed by atoms with van der Waals surface area (Å²) in [6.45, 7) is 0. The van der Waals surface area contributed by atoms with Crippen molar-refractivity contribution in [3.63, 3.8) is 0 Å². The molecule has 0 bridgehead atoms. The zero-order chi connectivity index (χ0) is 17.4. The van der Waals surface area contributed by atoms with E-state index in [0.717, 1.165) is 16.0 Å². The molecule has 3 heterocycles. The summed E-state index contributed by atoms with van der Waals surface area (Å²) in [5.41, 5.74) is 1.64. The lowest BCUT2D eigenvalue weighted by atomic mass is 10.1. The minimum absolute atomic E-state index is 0.0412. The van der Waals surface area contributed by atoms with E-state index in [1.165, 1.54) is 23.5 Å². The van der Waals surface area contributed by atoms with Crippen molar-refractivity contribution in [2.75, 3.05) is 0 Å². The minimum atomic E-state index is -0.437. The van der Waals surface area contributed by atoms with E-state index in [-0.39, 0.29) is 11.2 Å². The molecule has 0 saturated heterocycles. The number of hydrogen-bond donors (Lipinski definition) is 1. The van der Waals surface area contributed by atoms with Gasteiger partial charge in [-0.05, 0) is 17.0 Å². The Hall–Kier alpha value is -2.84. The van der Waals surface area contributed by atoms with Gasteiger partial charge in [0.25, 0.3) is 11.2 Å². The molecule has 4 rings (SSSR count). The standard InChI is InChI=1S/C17H11N3O3S2/c21-16-15-12(13-2-1-7-24-13)9-25-17(15)19-14(18-16)8-10-3-5-11(6-4-10)20(22)23/h1-7,9H,8H2,(H,18,19,21). The summed E-state index contributed by atoms with van der Waals surface area (Å²) in [7, 11) is 0. The summed E-state index contributed by atoms with van der Waals surface area (Å²) in [4.78, 5) is 31.9. The molecule has 0 aliphatic heterocycles. The number of nitrogens with one attached hydrogen (secondary N) is 1. The van der Waals surface area contributed by atoms with Gasteiger partial charge < -0.3 is 4.98 Å². The lowest BCUT2D eigenvalue weighted by Crippen LogP contribution is -2.11. The van der Waals surface area contributed by atoms with Gasteiger partial charge in [-0.3, -0.25) is 14.9 Å². The number of hydrogen-bond acceptors (Lipinski definition) is 6. The molecule has 6 nitrogen and oxygen atoms in total. The van der Waals surface area contributed by atoms with Crippen LogP contribution in [0.3, 0.4) is 0 Å². The molecule has 3 aromatic heterocycles. The van der Waals surface area contributed by atoms with Crippen molar-refractivity contribution in [3.8, 4) is 10.4 Å². The maximum atomic E-state index is 12.5. The number of nitro groups is 1. The zero-order valence-corrected chi connectivity index (χ0v) is 14.4. The zero-order valence-electron chi connectivity index (χ0n) is 12.8. The maximum Gasteiger partial charge on any atom is 0.269 e. The molecule has 8 heteroatoms. The van der Waals surface area contributed by atoms with Gasteiger partial charge >= 0.3 is 0 Å². The van der Waals surface area contributed by atoms with Crippen molar-refractivity contribution in [2.45, 2.75) is 6.42 Å². The molecule has 25 heavy (non-hydrogen) atoms. The van der Waals surface area contributed by atoms with E-state index < -0.39 is 4.92 Å². The molecule has 0 atom stereocenters. The summed E-state index contributed by atoms with van der Waals surface area (Å²) in [6, 6.07) is 10.2. The van der Waals surface area contributed by atoms with Crippen LogP contribution >= 0.6 is 22.7 Å². The Kier molecular flexibility index (Phi) is 3.90. The largest absolute Gasteiger partial charge is 0.310 e.